The molecule has 20 rings (SSSR count). The van der Waals surface area contributed by atoms with Gasteiger partial charge in [-0.3, -0.25) is 14.4 Å². The second-order valence-electron chi connectivity index (χ2n) is 27.4. The molecule has 25 nitrogen and oxygen atoms in total. The van der Waals surface area contributed by atoms with Crippen LogP contribution in [0.5, 0.6) is 0 Å². The average Bonchev–Trinajstić information content (AvgIpc) is 1.70. The summed E-state index contributed by atoms with van der Waals surface area (Å²) in [5.74, 6) is 1.23. The lowest BCUT2D eigenvalue weighted by atomic mass is 9.95. The van der Waals surface area contributed by atoms with Gasteiger partial charge in [-0.15, -0.1) is 0 Å². The summed E-state index contributed by atoms with van der Waals surface area (Å²) in [5.41, 5.74) is 0. The fourth-order valence-corrected chi connectivity index (χ4v) is 14.3. The van der Waals surface area contributed by atoms with Crippen LogP contribution in [0, 0.1) is 47.3 Å². The minimum atomic E-state index is -0.394. The van der Waals surface area contributed by atoms with Crippen LogP contribution in [0.2, 0.25) is 0 Å². The van der Waals surface area contributed by atoms with Crippen LogP contribution in [0.4, 0.5) is 0 Å². The van der Waals surface area contributed by atoms with Crippen LogP contribution >= 0.6 is 0 Å². The van der Waals surface area contributed by atoms with Gasteiger partial charge < -0.3 is 100 Å². The van der Waals surface area contributed by atoms with Gasteiger partial charge in [-0.2, -0.15) is 0 Å². The number of methoxy groups -OCH3 is 3. The number of hydrogen-bond donors (Lipinski definition) is 3. The lowest BCUT2D eigenvalue weighted by Crippen LogP contribution is -2.26. The van der Waals surface area contributed by atoms with Crippen molar-refractivity contribution < 1.29 is 119 Å². The molecular formula is C75H100O25. The van der Waals surface area contributed by atoms with E-state index in [2.05, 4.69) is 86.0 Å². The third-order valence-electron chi connectivity index (χ3n) is 20.1. The van der Waals surface area contributed by atoms with Gasteiger partial charge in [-0.1, -0.05) is 104 Å². The molecule has 27 atom stereocenters. The van der Waals surface area contributed by atoms with Crippen molar-refractivity contribution in [1.29, 1.82) is 0 Å². The molecule has 11 fully saturated rings. The molecule has 1 aromatic heterocycles. The van der Waals surface area contributed by atoms with Gasteiger partial charge in [0.15, 0.2) is 0 Å². The van der Waals surface area contributed by atoms with Crippen LogP contribution in [0.25, 0.3) is 0 Å². The third kappa shape index (κ3) is 21.9. The van der Waals surface area contributed by atoms with Gasteiger partial charge >= 0.3 is 23.9 Å². The number of fused-ring (bicyclic) bond motifs is 16. The number of aliphatic hydroxyl groups excluding tert-OH is 3. The monoisotopic (exact) mass is 1400 g/mol. The Balaban J connectivity index is 0.000000113. The van der Waals surface area contributed by atoms with Crippen molar-refractivity contribution in [2.45, 2.75) is 167 Å². The van der Waals surface area contributed by atoms with Crippen LogP contribution in [0.15, 0.2) is 139 Å². The molecule has 1 aromatic rings. The Bertz CT molecular complexity index is 2810. The maximum Gasteiger partial charge on any atom is 0.329 e. The number of esters is 4. The number of rotatable bonds is 17. The van der Waals surface area contributed by atoms with Crippen LogP contribution < -0.4 is 0 Å². The second-order valence-corrected chi connectivity index (χ2v) is 27.4. The molecule has 20 heterocycles. The number of furan rings is 1. The van der Waals surface area contributed by atoms with Crippen LogP contribution in [0.1, 0.15) is 51.4 Å². The second kappa shape index (κ2) is 37.6. The van der Waals surface area contributed by atoms with Gasteiger partial charge in [-0.05, 0) is 63.5 Å². The lowest BCUT2D eigenvalue weighted by Gasteiger charge is -2.14. The first-order chi connectivity index (χ1) is 48.8. The fourth-order valence-electron chi connectivity index (χ4n) is 14.3. The van der Waals surface area contributed by atoms with E-state index in [1.807, 2.05) is 48.6 Å². The zero-order chi connectivity index (χ0) is 69.9. The Morgan fingerprint density at radius 3 is 0.840 bits per heavy atom. The molecule has 19 aliphatic rings. The first-order valence-electron chi connectivity index (χ1n) is 35.3. The normalized spacial score (nSPS) is 40.0. The highest BCUT2D eigenvalue weighted by Crippen LogP contribution is 2.40. The van der Waals surface area contributed by atoms with Crippen molar-refractivity contribution in [2.24, 2.45) is 47.3 Å². The van der Waals surface area contributed by atoms with Crippen molar-refractivity contribution >= 4 is 23.9 Å². The molecule has 0 aromatic carbocycles. The molecule has 11 saturated heterocycles. The zero-order valence-corrected chi connectivity index (χ0v) is 57.2. The van der Waals surface area contributed by atoms with Crippen molar-refractivity contribution in [3.05, 3.63) is 135 Å². The van der Waals surface area contributed by atoms with E-state index >= 15 is 0 Å². The number of epoxide rings is 3. The molecule has 0 spiro atoms. The molecule has 27 unspecified atom stereocenters. The number of hydrogen-bond acceptors (Lipinski definition) is 25. The van der Waals surface area contributed by atoms with E-state index in [0.29, 0.717) is 91.1 Å². The predicted octanol–water partition coefficient (Wildman–Crippen LogP) is 5.36. The van der Waals surface area contributed by atoms with E-state index in [0.717, 1.165) is 104 Å². The van der Waals surface area contributed by atoms with E-state index in [4.69, 9.17) is 81.6 Å². The summed E-state index contributed by atoms with van der Waals surface area (Å²) in [4.78, 5) is 43.6. The summed E-state index contributed by atoms with van der Waals surface area (Å²) >= 11 is 0. The largest absolute Gasteiger partial charge is 0.473 e. The molecular weight excluding hydrogens is 1300 g/mol. The molecule has 3 N–H and O–H groups in total. The minimum absolute atomic E-state index is 0.0209. The van der Waals surface area contributed by atoms with Crippen molar-refractivity contribution in [1.82, 2.24) is 0 Å². The standard InChI is InChI=1S/C10H12O4.2C10H14O3.2C8H10O3.3C7H10O2.C4H6O2.C4H4O/c11-10(13-5-7-4-12-7)8-3-6-1-2-9(8)14-6;2*1-2-10-7(3-8(1)13-10)4-11-5-9-6-12-9;2*1-10-8(9)6-4-5-2-3-7(6)11-5;3*8-4-5-3-6-1-2-7(5)9-6;1-3-4(5)6-2;1-2-4-5-3-1/h1-2,6-9H,3-5H2;2*1-2,7-10H,3-6H2;2*2-3,5-7H,4H2,1H3;3*1-2,5-8H,3-4H2;3H,1H2,2H3;1-4H. The van der Waals surface area contributed by atoms with Crippen molar-refractivity contribution in [2.75, 3.05) is 94.0 Å². The van der Waals surface area contributed by atoms with E-state index in [1.54, 1.807) is 12.5 Å². The van der Waals surface area contributed by atoms with Gasteiger partial charge in [0, 0.05) is 55.5 Å². The highest BCUT2D eigenvalue weighted by molar-refractivity contribution is 5.81. The maximum absolute atomic E-state index is 11.6. The first-order valence-corrected chi connectivity index (χ1v) is 35.3. The van der Waals surface area contributed by atoms with Crippen molar-refractivity contribution in [3.8, 4) is 0 Å². The Hall–Kier alpha value is -5.82. The highest BCUT2D eigenvalue weighted by atomic mass is 16.6. The molecule has 19 aliphatic heterocycles. The molecule has 0 amide bonds. The highest BCUT2D eigenvalue weighted by Gasteiger charge is 2.46. The Morgan fingerprint density at radius 2 is 0.650 bits per heavy atom. The van der Waals surface area contributed by atoms with E-state index in [-0.39, 0.29) is 117 Å². The summed E-state index contributed by atoms with van der Waals surface area (Å²) in [6, 6.07) is 3.67. The van der Waals surface area contributed by atoms with Crippen LogP contribution in [-0.4, -0.2) is 249 Å². The summed E-state index contributed by atoms with van der Waals surface area (Å²) < 4.78 is 93.1. The number of carbonyl (C=O) groups excluding carboxylic acids is 4. The quantitative estimate of drug-likeness (QED) is 0.0581. The maximum atomic E-state index is 11.6. The average molecular weight is 1400 g/mol. The van der Waals surface area contributed by atoms with Gasteiger partial charge in [0.25, 0.3) is 0 Å². The fraction of sp³-hybridized carbons (Fsp3) is 0.653. The first kappa shape index (κ1) is 75.3. The Morgan fingerprint density at radius 1 is 0.370 bits per heavy atom. The summed E-state index contributed by atoms with van der Waals surface area (Å²) in [6.07, 6.45) is 49.2. The van der Waals surface area contributed by atoms with Gasteiger partial charge in [0.1, 0.15) is 24.9 Å². The van der Waals surface area contributed by atoms with Crippen molar-refractivity contribution in [3.63, 3.8) is 0 Å². The van der Waals surface area contributed by atoms with Gasteiger partial charge in [-0.25, -0.2) is 4.79 Å². The summed E-state index contributed by atoms with van der Waals surface area (Å²) in [6.45, 7) is 10.0. The number of aliphatic hydroxyl groups is 3. The van der Waals surface area contributed by atoms with E-state index in [9.17, 15) is 19.2 Å². The predicted molar refractivity (Wildman–Crippen MR) is 355 cm³/mol. The van der Waals surface area contributed by atoms with E-state index < -0.39 is 5.97 Å². The molecule has 0 saturated carbocycles. The van der Waals surface area contributed by atoms with Gasteiger partial charge in [0.05, 0.1) is 196 Å². The Labute approximate surface area is 584 Å². The number of carbonyl (C=O) groups is 4. The summed E-state index contributed by atoms with van der Waals surface area (Å²) in [7, 11) is 4.14. The number of ether oxygens (including phenoxy) is 17. The smallest absolute Gasteiger partial charge is 0.329 e. The summed E-state index contributed by atoms with van der Waals surface area (Å²) in [5, 5.41) is 26.3. The zero-order valence-electron chi connectivity index (χ0n) is 57.2. The lowest BCUT2D eigenvalue weighted by molar-refractivity contribution is -0.150. The van der Waals surface area contributed by atoms with Crippen LogP contribution in [0.3, 0.4) is 0 Å². The topological polar surface area (TPSA) is 309 Å². The van der Waals surface area contributed by atoms with Crippen LogP contribution in [-0.2, 0) is 99.7 Å². The molecule has 0 aliphatic carbocycles. The Kier molecular flexibility index (Phi) is 28.3. The minimum Gasteiger partial charge on any atom is -0.473 e. The molecule has 16 bridgehead atoms. The molecule has 100 heavy (non-hydrogen) atoms. The third-order valence-corrected chi connectivity index (χ3v) is 20.1. The molecule has 0 radical (unpaired) electrons. The SMILES string of the molecule is C1=CC2OC1CC2COCC1CO1.C1=CC2OC1CC2COCC1CO1.C=CC(=O)OC.COC(=O)C1CC2C=CC1O2.COC(=O)C1CC2C=CC1O2.O=C(OCC1CO1)C1CC2C=CC1O2.OCC1CC2C=CC1O2.OCC1CC2C=CC1O2.OCC1CC2C=CC1O2.c1ccoc1. The van der Waals surface area contributed by atoms with Gasteiger partial charge in [0.2, 0.25) is 0 Å². The molecule has 550 valence electrons. The van der Waals surface area contributed by atoms with E-state index in [1.165, 1.54) is 21.3 Å². The molecule has 25 heteroatoms.